The van der Waals surface area contributed by atoms with E-state index in [1.807, 2.05) is 12.1 Å². The van der Waals surface area contributed by atoms with E-state index in [1.54, 1.807) is 43.3 Å². The topological polar surface area (TPSA) is 187 Å². The minimum absolute atomic E-state index is 0.0918. The van der Waals surface area contributed by atoms with Crippen molar-refractivity contribution in [2.24, 2.45) is 0 Å². The van der Waals surface area contributed by atoms with Crippen molar-refractivity contribution in [1.29, 1.82) is 0 Å². The lowest BCUT2D eigenvalue weighted by Gasteiger charge is -2.18. The summed E-state index contributed by atoms with van der Waals surface area (Å²) in [5, 5.41) is 44.3. The van der Waals surface area contributed by atoms with E-state index in [0.717, 1.165) is 28.2 Å². The summed E-state index contributed by atoms with van der Waals surface area (Å²) in [5.41, 5.74) is 0.280. The van der Waals surface area contributed by atoms with Crippen LogP contribution in [-0.4, -0.2) is 72.3 Å². The first-order valence-electron chi connectivity index (χ1n) is 15.4. The zero-order chi connectivity index (χ0) is 38.6. The monoisotopic (exact) mass is 737 g/mol. The summed E-state index contributed by atoms with van der Waals surface area (Å²) in [6, 6.07) is 20.2. The van der Waals surface area contributed by atoms with E-state index in [4.69, 9.17) is 9.90 Å². The van der Waals surface area contributed by atoms with Gasteiger partial charge < -0.3 is 31.1 Å². The predicted molar refractivity (Wildman–Crippen MR) is 184 cm³/mol. The molecule has 274 valence electrons. The standard InChI is InChI=1S/C34H27F2N5O5.C2HF3O2/c1-18-9-11-20(37-33(46)29-22-6-3-2-5-19(22)10-13-27(29)44)15-24(18)30-23-12-14-28(45)41(31-25(35)7-4-8-26(31)36)32(23)40-34(39-30)38-21(16-42)17-43;3-2(4,5)1(6)7/h2-15,21,42-44H,16-17H2,1H3,(H,37,46)(H,38,39,40);(H,6,7). The molecule has 6 N–H and O–H groups in total. The third-order valence-corrected chi connectivity index (χ3v) is 7.81. The summed E-state index contributed by atoms with van der Waals surface area (Å²) in [7, 11) is 0. The van der Waals surface area contributed by atoms with E-state index in [2.05, 4.69) is 20.6 Å². The number of aromatic hydroxyl groups is 1. The molecule has 0 bridgehead atoms. The number of pyridine rings is 1. The Balaban J connectivity index is 0.000000705. The first-order valence-corrected chi connectivity index (χ1v) is 15.4. The fourth-order valence-electron chi connectivity index (χ4n) is 5.28. The number of nitrogens with zero attached hydrogens (tertiary/aromatic N) is 3. The summed E-state index contributed by atoms with van der Waals surface area (Å²) in [4.78, 5) is 44.5. The molecule has 0 aliphatic carbocycles. The molecular weight excluding hydrogens is 709 g/mol. The van der Waals surface area contributed by atoms with Gasteiger partial charge in [0.2, 0.25) is 5.95 Å². The number of rotatable bonds is 8. The number of amides is 1. The van der Waals surface area contributed by atoms with E-state index in [-0.39, 0.29) is 34.0 Å². The molecular formula is C36H28F5N5O7. The normalized spacial score (nSPS) is 11.3. The number of nitrogens with one attached hydrogen (secondary N) is 2. The molecule has 0 aliphatic rings. The molecule has 0 fully saturated rings. The van der Waals surface area contributed by atoms with Crippen molar-refractivity contribution < 1.29 is 52.0 Å². The molecule has 0 saturated carbocycles. The largest absolute Gasteiger partial charge is 0.507 e. The Morgan fingerprint density at radius 3 is 2.17 bits per heavy atom. The predicted octanol–water partition coefficient (Wildman–Crippen LogP) is 5.54. The highest BCUT2D eigenvalue weighted by Crippen LogP contribution is 2.34. The van der Waals surface area contributed by atoms with Gasteiger partial charge in [0.05, 0.1) is 30.5 Å². The molecule has 17 heteroatoms. The molecule has 0 atom stereocenters. The van der Waals surface area contributed by atoms with Crippen LogP contribution in [0.3, 0.4) is 0 Å². The second-order valence-electron chi connectivity index (χ2n) is 11.4. The molecule has 6 rings (SSSR count). The maximum atomic E-state index is 15.0. The van der Waals surface area contributed by atoms with Gasteiger partial charge in [0, 0.05) is 22.7 Å². The van der Waals surface area contributed by atoms with E-state index in [9.17, 15) is 38.1 Å². The van der Waals surface area contributed by atoms with Gasteiger partial charge in [0.25, 0.3) is 11.5 Å². The zero-order valence-electron chi connectivity index (χ0n) is 27.3. The van der Waals surface area contributed by atoms with Crippen molar-refractivity contribution in [2.75, 3.05) is 23.8 Å². The first-order chi connectivity index (χ1) is 25.1. The summed E-state index contributed by atoms with van der Waals surface area (Å²) in [5.74, 6) is -5.64. The number of hydrogen-bond acceptors (Lipinski definition) is 9. The average Bonchev–Trinajstić information content (AvgIpc) is 3.11. The second kappa shape index (κ2) is 15.4. The van der Waals surface area contributed by atoms with Crippen molar-refractivity contribution in [3.63, 3.8) is 0 Å². The van der Waals surface area contributed by atoms with Crippen molar-refractivity contribution in [3.8, 4) is 22.7 Å². The Labute approximate surface area is 295 Å². The van der Waals surface area contributed by atoms with Crippen LogP contribution in [0, 0.1) is 18.6 Å². The number of aromatic nitrogens is 3. The van der Waals surface area contributed by atoms with Crippen LogP contribution in [0.1, 0.15) is 15.9 Å². The molecule has 0 unspecified atom stereocenters. The molecule has 4 aromatic carbocycles. The molecule has 0 aliphatic heterocycles. The molecule has 6 aromatic rings. The summed E-state index contributed by atoms with van der Waals surface area (Å²) in [6.45, 7) is 0.811. The van der Waals surface area contributed by atoms with Crippen LogP contribution in [-0.2, 0) is 4.79 Å². The SMILES string of the molecule is Cc1ccc(NC(=O)c2c(O)ccc3ccccc23)cc1-c1nc(NC(CO)CO)nc2c1ccc(=O)n2-c1c(F)cccc1F.O=C(O)C(F)(F)F. The number of carbonyl (C=O) groups excluding carboxylic acids is 1. The van der Waals surface area contributed by atoms with Gasteiger partial charge in [-0.1, -0.05) is 42.5 Å². The third kappa shape index (κ3) is 8.05. The number of aliphatic carboxylic acids is 1. The number of aryl methyl sites for hydroxylation is 1. The Kier molecular flexibility index (Phi) is 11.0. The third-order valence-electron chi connectivity index (χ3n) is 7.81. The highest BCUT2D eigenvalue weighted by molar-refractivity contribution is 6.15. The van der Waals surface area contributed by atoms with Crippen molar-refractivity contribution in [2.45, 2.75) is 19.1 Å². The lowest BCUT2D eigenvalue weighted by molar-refractivity contribution is -0.192. The Morgan fingerprint density at radius 1 is 0.868 bits per heavy atom. The number of alkyl halides is 3. The number of hydrogen-bond donors (Lipinski definition) is 6. The fraction of sp³-hybridized carbons (Fsp3) is 0.139. The van der Waals surface area contributed by atoms with Crippen LogP contribution < -0.4 is 16.2 Å². The molecule has 1 amide bonds. The van der Waals surface area contributed by atoms with Crippen LogP contribution in [0.4, 0.5) is 33.6 Å². The Bertz CT molecular complexity index is 2400. The smallest absolute Gasteiger partial charge is 0.490 e. The van der Waals surface area contributed by atoms with E-state index in [1.165, 1.54) is 18.2 Å². The molecule has 53 heavy (non-hydrogen) atoms. The quantitative estimate of drug-likeness (QED) is 0.108. The Hall–Kier alpha value is -6.46. The summed E-state index contributed by atoms with van der Waals surface area (Å²) in [6.07, 6.45) is -5.08. The minimum Gasteiger partial charge on any atom is -0.507 e. The fourth-order valence-corrected chi connectivity index (χ4v) is 5.28. The number of halogens is 5. The minimum atomic E-state index is -5.08. The van der Waals surface area contributed by atoms with Crippen LogP contribution in [0.15, 0.2) is 89.7 Å². The zero-order valence-corrected chi connectivity index (χ0v) is 27.3. The van der Waals surface area contributed by atoms with Crippen LogP contribution in [0.2, 0.25) is 0 Å². The number of carbonyl (C=O) groups is 2. The number of aliphatic hydroxyl groups excluding tert-OH is 2. The molecule has 2 heterocycles. The Morgan fingerprint density at radius 2 is 1.53 bits per heavy atom. The van der Waals surface area contributed by atoms with Crippen molar-refractivity contribution in [3.05, 3.63) is 118 Å². The highest BCUT2D eigenvalue weighted by atomic mass is 19.4. The molecule has 0 radical (unpaired) electrons. The van der Waals surface area contributed by atoms with Crippen LogP contribution >= 0.6 is 0 Å². The number of phenols is 1. The van der Waals surface area contributed by atoms with Crippen molar-refractivity contribution in [1.82, 2.24) is 14.5 Å². The number of fused-ring (bicyclic) bond motifs is 2. The summed E-state index contributed by atoms with van der Waals surface area (Å²) >= 11 is 0. The number of anilines is 2. The maximum absolute atomic E-state index is 15.0. The van der Waals surface area contributed by atoms with Gasteiger partial charge in [-0.2, -0.15) is 18.2 Å². The van der Waals surface area contributed by atoms with Gasteiger partial charge in [0.1, 0.15) is 23.1 Å². The number of phenolic OH excluding ortho intramolecular Hbond substituents is 1. The van der Waals surface area contributed by atoms with E-state index in [0.29, 0.717) is 22.2 Å². The number of para-hydroxylation sites is 1. The first kappa shape index (κ1) is 37.8. The van der Waals surface area contributed by atoms with Gasteiger partial charge in [0.15, 0.2) is 5.65 Å². The van der Waals surface area contributed by atoms with Gasteiger partial charge in [-0.15, -0.1) is 0 Å². The van der Waals surface area contributed by atoms with Crippen LogP contribution in [0.5, 0.6) is 5.75 Å². The molecule has 0 spiro atoms. The van der Waals surface area contributed by atoms with Gasteiger partial charge in [-0.3, -0.25) is 14.2 Å². The number of aliphatic hydroxyl groups is 2. The summed E-state index contributed by atoms with van der Waals surface area (Å²) < 4.78 is 62.6. The van der Waals surface area contributed by atoms with E-state index < -0.39 is 60.2 Å². The number of benzene rings is 4. The number of carboxylic acid groups (broad SMARTS) is 1. The second-order valence-corrected chi connectivity index (χ2v) is 11.4. The van der Waals surface area contributed by atoms with E-state index >= 15 is 8.78 Å². The van der Waals surface area contributed by atoms with Crippen LogP contribution in [0.25, 0.3) is 38.8 Å². The van der Waals surface area contributed by atoms with Gasteiger partial charge in [-0.25, -0.2) is 18.6 Å². The molecule has 12 nitrogen and oxygen atoms in total. The maximum Gasteiger partial charge on any atom is 0.490 e. The van der Waals surface area contributed by atoms with Crippen molar-refractivity contribution >= 4 is 45.3 Å². The molecule has 2 aromatic heterocycles. The average molecular weight is 738 g/mol. The highest BCUT2D eigenvalue weighted by Gasteiger charge is 2.38. The lowest BCUT2D eigenvalue weighted by Crippen LogP contribution is -2.29. The van der Waals surface area contributed by atoms with Gasteiger partial charge in [-0.05, 0) is 59.7 Å². The van der Waals surface area contributed by atoms with Gasteiger partial charge >= 0.3 is 12.1 Å². The lowest BCUT2D eigenvalue weighted by atomic mass is 10.0. The molecule has 0 saturated heterocycles. The number of carboxylic acids is 1.